The van der Waals surface area contributed by atoms with E-state index in [0.29, 0.717) is 32.1 Å². The SMILES string of the molecule is CC=CCOc1ccc([N+](=O)[O-])cc1CNCCOC. The molecule has 0 heterocycles. The van der Waals surface area contributed by atoms with Crippen LogP contribution in [0.5, 0.6) is 5.75 Å². The summed E-state index contributed by atoms with van der Waals surface area (Å²) >= 11 is 0. The number of rotatable bonds is 9. The average molecular weight is 280 g/mol. The molecule has 6 heteroatoms. The van der Waals surface area contributed by atoms with Crippen LogP contribution >= 0.6 is 0 Å². The topological polar surface area (TPSA) is 73.6 Å². The van der Waals surface area contributed by atoms with Crippen molar-refractivity contribution in [2.75, 3.05) is 26.9 Å². The quantitative estimate of drug-likeness (QED) is 0.325. The second kappa shape index (κ2) is 9.06. The lowest BCUT2D eigenvalue weighted by molar-refractivity contribution is -0.384. The van der Waals surface area contributed by atoms with Crippen LogP contribution in [0.15, 0.2) is 30.4 Å². The third-order valence-corrected chi connectivity index (χ3v) is 2.62. The Bertz CT molecular complexity index is 460. The van der Waals surface area contributed by atoms with Gasteiger partial charge in [0.15, 0.2) is 0 Å². The summed E-state index contributed by atoms with van der Waals surface area (Å²) in [5.74, 6) is 0.651. The molecule has 0 saturated carbocycles. The first kappa shape index (κ1) is 16.1. The van der Waals surface area contributed by atoms with Crippen LogP contribution in [0.4, 0.5) is 5.69 Å². The largest absolute Gasteiger partial charge is 0.489 e. The Labute approximate surface area is 118 Å². The lowest BCUT2D eigenvalue weighted by Crippen LogP contribution is -2.19. The number of methoxy groups -OCH3 is 1. The van der Waals surface area contributed by atoms with Crippen molar-refractivity contribution in [3.05, 3.63) is 46.0 Å². The second-order valence-corrected chi connectivity index (χ2v) is 4.10. The molecule has 1 aromatic carbocycles. The highest BCUT2D eigenvalue weighted by atomic mass is 16.6. The van der Waals surface area contributed by atoms with Crippen LogP contribution in [0.2, 0.25) is 0 Å². The molecule has 6 nitrogen and oxygen atoms in total. The van der Waals surface area contributed by atoms with E-state index in [1.54, 1.807) is 13.2 Å². The van der Waals surface area contributed by atoms with Gasteiger partial charge in [0.05, 0.1) is 11.5 Å². The van der Waals surface area contributed by atoms with Gasteiger partial charge in [-0.15, -0.1) is 0 Å². The molecule has 0 fully saturated rings. The molecule has 1 aromatic rings. The number of nitrogens with zero attached hydrogens (tertiary/aromatic N) is 1. The van der Waals surface area contributed by atoms with E-state index >= 15 is 0 Å². The zero-order valence-corrected chi connectivity index (χ0v) is 11.8. The number of non-ortho nitro benzene ring substituents is 1. The highest BCUT2D eigenvalue weighted by molar-refractivity contribution is 5.43. The van der Waals surface area contributed by atoms with E-state index in [9.17, 15) is 10.1 Å². The number of nitro groups is 1. The second-order valence-electron chi connectivity index (χ2n) is 4.10. The van der Waals surface area contributed by atoms with Crippen molar-refractivity contribution >= 4 is 5.69 Å². The van der Waals surface area contributed by atoms with Crippen LogP contribution in [0.1, 0.15) is 12.5 Å². The summed E-state index contributed by atoms with van der Waals surface area (Å²) in [7, 11) is 1.63. The van der Waals surface area contributed by atoms with E-state index in [2.05, 4.69) is 5.32 Å². The normalized spacial score (nSPS) is 10.9. The van der Waals surface area contributed by atoms with Crippen molar-refractivity contribution in [2.24, 2.45) is 0 Å². The van der Waals surface area contributed by atoms with Crippen molar-refractivity contribution in [1.29, 1.82) is 0 Å². The molecule has 0 aliphatic rings. The average Bonchev–Trinajstić information content (AvgIpc) is 2.44. The molecule has 110 valence electrons. The Balaban J connectivity index is 2.77. The Morgan fingerprint density at radius 3 is 2.90 bits per heavy atom. The monoisotopic (exact) mass is 280 g/mol. The molecule has 1 N–H and O–H groups in total. The molecule has 0 spiro atoms. The first-order valence-corrected chi connectivity index (χ1v) is 6.40. The maximum atomic E-state index is 10.8. The third kappa shape index (κ3) is 5.38. The molecular formula is C14H20N2O4. The van der Waals surface area contributed by atoms with Crippen LogP contribution in [0.3, 0.4) is 0 Å². The lowest BCUT2D eigenvalue weighted by atomic mass is 10.1. The van der Waals surface area contributed by atoms with Gasteiger partial charge in [-0.25, -0.2) is 0 Å². The van der Waals surface area contributed by atoms with E-state index in [1.807, 2.05) is 19.1 Å². The summed E-state index contributed by atoms with van der Waals surface area (Å²) < 4.78 is 10.5. The molecule has 0 aromatic heterocycles. The van der Waals surface area contributed by atoms with Gasteiger partial charge in [0.2, 0.25) is 0 Å². The number of ether oxygens (including phenoxy) is 2. The summed E-state index contributed by atoms with van der Waals surface area (Å²) in [5, 5.41) is 14.0. The highest BCUT2D eigenvalue weighted by Gasteiger charge is 2.11. The number of hydrogen-bond acceptors (Lipinski definition) is 5. The van der Waals surface area contributed by atoms with Gasteiger partial charge >= 0.3 is 0 Å². The highest BCUT2D eigenvalue weighted by Crippen LogP contribution is 2.24. The van der Waals surface area contributed by atoms with Crippen molar-refractivity contribution in [3.8, 4) is 5.75 Å². The van der Waals surface area contributed by atoms with Crippen LogP contribution < -0.4 is 10.1 Å². The van der Waals surface area contributed by atoms with Crippen LogP contribution in [-0.2, 0) is 11.3 Å². The van der Waals surface area contributed by atoms with Gasteiger partial charge in [-0.1, -0.05) is 12.2 Å². The first-order valence-electron chi connectivity index (χ1n) is 6.40. The molecule has 0 radical (unpaired) electrons. The molecule has 1 rings (SSSR count). The summed E-state index contributed by atoms with van der Waals surface area (Å²) in [5.41, 5.74) is 0.826. The zero-order valence-electron chi connectivity index (χ0n) is 11.8. The van der Waals surface area contributed by atoms with E-state index in [0.717, 1.165) is 5.56 Å². The maximum absolute atomic E-state index is 10.8. The van der Waals surface area contributed by atoms with Crippen LogP contribution in [0, 0.1) is 10.1 Å². The molecule has 0 atom stereocenters. The molecule has 0 aliphatic carbocycles. The molecule has 0 bridgehead atoms. The van der Waals surface area contributed by atoms with Crippen LogP contribution in [-0.4, -0.2) is 31.8 Å². The summed E-state index contributed by atoms with van der Waals surface area (Å²) in [6, 6.07) is 4.61. The zero-order chi connectivity index (χ0) is 14.8. The molecule has 0 unspecified atom stereocenters. The summed E-state index contributed by atoms with van der Waals surface area (Å²) in [6.07, 6.45) is 3.77. The standard InChI is InChI=1S/C14H20N2O4/c1-3-4-8-20-14-6-5-13(16(17)18)10-12(14)11-15-7-9-19-2/h3-6,10,15H,7-9,11H2,1-2H3. The van der Waals surface area contributed by atoms with Gasteiger partial charge in [0.1, 0.15) is 12.4 Å². The van der Waals surface area contributed by atoms with Crippen LogP contribution in [0.25, 0.3) is 0 Å². The number of benzene rings is 1. The minimum Gasteiger partial charge on any atom is -0.489 e. The predicted molar refractivity (Wildman–Crippen MR) is 77.0 cm³/mol. The fourth-order valence-electron chi connectivity index (χ4n) is 1.59. The van der Waals surface area contributed by atoms with Crippen molar-refractivity contribution in [1.82, 2.24) is 5.32 Å². The number of nitro benzene ring substituents is 1. The van der Waals surface area contributed by atoms with E-state index in [4.69, 9.17) is 9.47 Å². The third-order valence-electron chi connectivity index (χ3n) is 2.62. The Morgan fingerprint density at radius 2 is 2.25 bits per heavy atom. The smallest absolute Gasteiger partial charge is 0.270 e. The summed E-state index contributed by atoms with van der Waals surface area (Å²) in [4.78, 5) is 10.4. The fourth-order valence-corrected chi connectivity index (χ4v) is 1.59. The minimum absolute atomic E-state index is 0.0620. The number of hydrogen-bond donors (Lipinski definition) is 1. The predicted octanol–water partition coefficient (Wildman–Crippen LogP) is 2.29. The Morgan fingerprint density at radius 1 is 1.45 bits per heavy atom. The van der Waals surface area contributed by atoms with Gasteiger partial charge in [-0.2, -0.15) is 0 Å². The van der Waals surface area contributed by atoms with Crippen molar-refractivity contribution in [3.63, 3.8) is 0 Å². The minimum atomic E-state index is -0.408. The molecule has 0 saturated heterocycles. The number of nitrogens with one attached hydrogen (secondary N) is 1. The van der Waals surface area contributed by atoms with E-state index in [-0.39, 0.29) is 5.69 Å². The van der Waals surface area contributed by atoms with E-state index < -0.39 is 4.92 Å². The van der Waals surface area contributed by atoms with Gasteiger partial charge < -0.3 is 14.8 Å². The fraction of sp³-hybridized carbons (Fsp3) is 0.429. The van der Waals surface area contributed by atoms with Gasteiger partial charge in [0.25, 0.3) is 5.69 Å². The first-order chi connectivity index (χ1) is 9.69. The van der Waals surface area contributed by atoms with Crippen molar-refractivity contribution < 1.29 is 14.4 Å². The van der Waals surface area contributed by atoms with E-state index in [1.165, 1.54) is 12.1 Å². The van der Waals surface area contributed by atoms with Gasteiger partial charge in [-0.3, -0.25) is 10.1 Å². The molecular weight excluding hydrogens is 260 g/mol. The summed E-state index contributed by atoms with van der Waals surface area (Å²) in [6.45, 7) is 4.11. The maximum Gasteiger partial charge on any atom is 0.270 e. The Kier molecular flexibility index (Phi) is 7.31. The molecule has 0 amide bonds. The molecule has 20 heavy (non-hydrogen) atoms. The van der Waals surface area contributed by atoms with Gasteiger partial charge in [0, 0.05) is 37.9 Å². The Hall–Kier alpha value is -1.92. The molecule has 0 aliphatic heterocycles. The van der Waals surface area contributed by atoms with Gasteiger partial charge in [-0.05, 0) is 13.0 Å². The lowest BCUT2D eigenvalue weighted by Gasteiger charge is -2.11. The number of allylic oxidation sites excluding steroid dienone is 1. The van der Waals surface area contributed by atoms with Crippen molar-refractivity contribution in [2.45, 2.75) is 13.5 Å².